The number of aromatic nitrogens is 7. The first-order valence-electron chi connectivity index (χ1n) is 11.0. The topological polar surface area (TPSA) is 138 Å². The molecule has 0 saturated carbocycles. The molecular weight excluding hydrogens is 444 g/mol. The second kappa shape index (κ2) is 9.21. The molecule has 0 saturated heterocycles. The summed E-state index contributed by atoms with van der Waals surface area (Å²) in [4.78, 5) is 29.5. The van der Waals surface area contributed by atoms with Gasteiger partial charge < -0.3 is 16.0 Å². The summed E-state index contributed by atoms with van der Waals surface area (Å²) in [6, 6.07) is 13.9. The molecule has 0 bridgehead atoms. The monoisotopic (exact) mass is 468 g/mol. The molecule has 5 rings (SSSR count). The van der Waals surface area contributed by atoms with Crippen molar-refractivity contribution in [3.05, 3.63) is 66.2 Å². The van der Waals surface area contributed by atoms with Gasteiger partial charge in [0.15, 0.2) is 17.5 Å². The predicted molar refractivity (Wildman–Crippen MR) is 133 cm³/mol. The van der Waals surface area contributed by atoms with E-state index in [1.54, 1.807) is 13.2 Å². The fourth-order valence-electron chi connectivity index (χ4n) is 3.71. The van der Waals surface area contributed by atoms with E-state index in [-0.39, 0.29) is 5.91 Å². The van der Waals surface area contributed by atoms with Gasteiger partial charge in [0.05, 0.1) is 0 Å². The number of pyridine rings is 1. The molecule has 0 aliphatic rings. The maximum Gasteiger partial charge on any atom is 0.226 e. The lowest BCUT2D eigenvalue weighted by Crippen LogP contribution is -2.18. The Morgan fingerprint density at radius 2 is 1.80 bits per heavy atom. The van der Waals surface area contributed by atoms with E-state index in [2.05, 4.69) is 41.1 Å². The van der Waals surface area contributed by atoms with E-state index in [0.29, 0.717) is 41.5 Å². The Morgan fingerprint density at radius 1 is 1.00 bits per heavy atom. The molecule has 0 radical (unpaired) electrons. The number of hydrogen-bond acceptors (Lipinski definition) is 8. The third-order valence-corrected chi connectivity index (χ3v) is 5.38. The molecule has 0 aliphatic heterocycles. The number of aryl methyl sites for hydroxylation is 1. The number of carbonyl (C=O) groups is 1. The van der Waals surface area contributed by atoms with Gasteiger partial charge in [-0.3, -0.25) is 14.3 Å². The molecular formula is C24H24N10O. The Hall–Kier alpha value is -4.80. The molecule has 11 heteroatoms. The second-order valence-electron chi connectivity index (χ2n) is 7.93. The average molecular weight is 469 g/mol. The molecule has 0 spiro atoms. The lowest BCUT2D eigenvalue weighted by molar-refractivity contribution is -0.119. The summed E-state index contributed by atoms with van der Waals surface area (Å²) in [7, 11) is 1.77. The molecule has 35 heavy (non-hydrogen) atoms. The van der Waals surface area contributed by atoms with Crippen LogP contribution in [-0.4, -0.2) is 47.5 Å². The third kappa shape index (κ3) is 4.64. The van der Waals surface area contributed by atoms with E-state index < -0.39 is 0 Å². The van der Waals surface area contributed by atoms with Gasteiger partial charge in [0, 0.05) is 39.0 Å². The number of carbonyl (C=O) groups excluding carboxylic acids is 1. The van der Waals surface area contributed by atoms with E-state index in [1.165, 1.54) is 6.92 Å². The zero-order chi connectivity index (χ0) is 24.4. The molecule has 4 aromatic heterocycles. The van der Waals surface area contributed by atoms with Crippen LogP contribution in [0.4, 0.5) is 17.6 Å². The van der Waals surface area contributed by atoms with E-state index >= 15 is 0 Å². The van der Waals surface area contributed by atoms with Crippen molar-refractivity contribution in [2.24, 2.45) is 0 Å². The van der Waals surface area contributed by atoms with Crippen molar-refractivity contribution in [2.75, 3.05) is 17.7 Å². The molecule has 1 aromatic carbocycles. The van der Waals surface area contributed by atoms with Crippen molar-refractivity contribution < 1.29 is 4.79 Å². The highest BCUT2D eigenvalue weighted by Gasteiger charge is 2.19. The van der Waals surface area contributed by atoms with Crippen LogP contribution in [0.1, 0.15) is 18.3 Å². The fourth-order valence-corrected chi connectivity index (χ4v) is 3.71. The maximum absolute atomic E-state index is 11.2. The Labute approximate surface area is 201 Å². The number of anilines is 3. The van der Waals surface area contributed by atoms with Crippen LogP contribution >= 0.6 is 0 Å². The minimum Gasteiger partial charge on any atom is -0.357 e. The molecule has 1 amide bonds. The largest absolute Gasteiger partial charge is 0.357 e. The number of H-pyrrole nitrogens is 1. The SMILES string of the molecule is CNc1nc(C)nc(-c2c(Nc3cc[nH]n3)nc3ccc(-c4ccc(CNC(C)=O)cc4)cn23)n1. The van der Waals surface area contributed by atoms with Gasteiger partial charge in [-0.15, -0.1) is 0 Å². The molecule has 0 atom stereocenters. The molecule has 176 valence electrons. The van der Waals surface area contributed by atoms with E-state index in [0.717, 1.165) is 22.3 Å². The van der Waals surface area contributed by atoms with Gasteiger partial charge >= 0.3 is 0 Å². The van der Waals surface area contributed by atoms with Crippen LogP contribution in [0.15, 0.2) is 54.9 Å². The zero-order valence-corrected chi connectivity index (χ0v) is 19.5. The number of aromatic amines is 1. The van der Waals surface area contributed by atoms with Gasteiger partial charge in [-0.2, -0.15) is 15.1 Å². The van der Waals surface area contributed by atoms with Gasteiger partial charge in [-0.05, 0) is 35.7 Å². The van der Waals surface area contributed by atoms with Crippen molar-refractivity contribution >= 4 is 29.1 Å². The highest BCUT2D eigenvalue weighted by Crippen LogP contribution is 2.31. The molecule has 4 heterocycles. The van der Waals surface area contributed by atoms with Crippen molar-refractivity contribution in [1.29, 1.82) is 0 Å². The first-order valence-corrected chi connectivity index (χ1v) is 11.0. The number of amides is 1. The van der Waals surface area contributed by atoms with Crippen LogP contribution in [0, 0.1) is 6.92 Å². The molecule has 0 fully saturated rings. The van der Waals surface area contributed by atoms with Crippen LogP contribution in [0.25, 0.3) is 28.3 Å². The van der Waals surface area contributed by atoms with Crippen LogP contribution in [0.3, 0.4) is 0 Å². The Balaban J connectivity index is 1.60. The number of nitrogens with one attached hydrogen (secondary N) is 4. The first-order chi connectivity index (χ1) is 17.0. The van der Waals surface area contributed by atoms with Crippen LogP contribution in [0.5, 0.6) is 0 Å². The third-order valence-electron chi connectivity index (χ3n) is 5.38. The number of fused-ring (bicyclic) bond motifs is 1. The van der Waals surface area contributed by atoms with Gasteiger partial charge in [0.1, 0.15) is 17.2 Å². The maximum atomic E-state index is 11.2. The summed E-state index contributed by atoms with van der Waals surface area (Å²) in [5.41, 5.74) is 4.47. The van der Waals surface area contributed by atoms with Crippen molar-refractivity contribution in [1.82, 2.24) is 39.9 Å². The molecule has 4 N–H and O–H groups in total. The Kier molecular flexibility index (Phi) is 5.80. The number of rotatable bonds is 7. The van der Waals surface area contributed by atoms with Crippen molar-refractivity contribution in [3.8, 4) is 22.6 Å². The Bertz CT molecular complexity index is 1490. The zero-order valence-electron chi connectivity index (χ0n) is 19.5. The highest BCUT2D eigenvalue weighted by molar-refractivity contribution is 5.78. The van der Waals surface area contributed by atoms with Gasteiger partial charge in [-0.1, -0.05) is 24.3 Å². The minimum atomic E-state index is -0.0542. The summed E-state index contributed by atoms with van der Waals surface area (Å²) in [5.74, 6) is 2.69. The van der Waals surface area contributed by atoms with Crippen molar-refractivity contribution in [3.63, 3.8) is 0 Å². The molecule has 0 aliphatic carbocycles. The number of nitrogens with zero attached hydrogens (tertiary/aromatic N) is 6. The quantitative estimate of drug-likeness (QED) is 0.285. The second-order valence-corrected chi connectivity index (χ2v) is 7.93. The lowest BCUT2D eigenvalue weighted by atomic mass is 10.1. The molecule has 0 unspecified atom stereocenters. The summed E-state index contributed by atoms with van der Waals surface area (Å²) >= 11 is 0. The molecule has 11 nitrogen and oxygen atoms in total. The number of hydrogen-bond donors (Lipinski definition) is 4. The summed E-state index contributed by atoms with van der Waals surface area (Å²) in [5, 5.41) is 16.0. The normalized spacial score (nSPS) is 10.9. The average Bonchev–Trinajstić information content (AvgIpc) is 3.49. The summed E-state index contributed by atoms with van der Waals surface area (Å²) < 4.78 is 1.96. The van der Waals surface area contributed by atoms with Crippen LogP contribution < -0.4 is 16.0 Å². The van der Waals surface area contributed by atoms with Crippen LogP contribution in [0.2, 0.25) is 0 Å². The summed E-state index contributed by atoms with van der Waals surface area (Å²) in [6.45, 7) is 3.83. The van der Waals surface area contributed by atoms with Gasteiger partial charge in [0.2, 0.25) is 11.9 Å². The highest BCUT2D eigenvalue weighted by atomic mass is 16.1. The first kappa shape index (κ1) is 22.0. The fraction of sp³-hybridized carbons (Fsp3) is 0.167. The summed E-state index contributed by atoms with van der Waals surface area (Å²) in [6.07, 6.45) is 3.74. The number of benzene rings is 1. The minimum absolute atomic E-state index is 0.0542. The molecule has 5 aromatic rings. The smallest absolute Gasteiger partial charge is 0.226 e. The van der Waals surface area contributed by atoms with E-state index in [1.807, 2.05) is 60.0 Å². The van der Waals surface area contributed by atoms with E-state index in [4.69, 9.17) is 4.98 Å². The van der Waals surface area contributed by atoms with E-state index in [9.17, 15) is 4.79 Å². The number of imidazole rings is 1. The van der Waals surface area contributed by atoms with Crippen molar-refractivity contribution in [2.45, 2.75) is 20.4 Å². The standard InChI is InChI=1S/C24H24N10O/c1-14-28-22(32-24(25-3)29-14)21-23(30-19-10-11-27-33-19)31-20-9-8-18(13-34(20)21)17-6-4-16(5-7-17)12-26-15(2)35/h4-11,13H,12H2,1-3H3,(H,26,35)(H2,27,30,33)(H,25,28,29,32). The Morgan fingerprint density at radius 3 is 2.51 bits per heavy atom. The van der Waals surface area contributed by atoms with Crippen LogP contribution in [-0.2, 0) is 11.3 Å². The predicted octanol–water partition coefficient (Wildman–Crippen LogP) is 3.31. The van der Waals surface area contributed by atoms with Gasteiger partial charge in [0.25, 0.3) is 0 Å². The lowest BCUT2D eigenvalue weighted by Gasteiger charge is -2.09. The van der Waals surface area contributed by atoms with Gasteiger partial charge in [-0.25, -0.2) is 9.97 Å².